The molecule has 0 saturated carbocycles. The molecule has 2 aliphatic rings. The van der Waals surface area contributed by atoms with Crippen molar-refractivity contribution in [1.82, 2.24) is 14.8 Å². The molecule has 0 radical (unpaired) electrons. The summed E-state index contributed by atoms with van der Waals surface area (Å²) in [6.45, 7) is 5.85. The lowest BCUT2D eigenvalue weighted by Crippen LogP contribution is -2.48. The number of rotatable bonds is 7. The van der Waals surface area contributed by atoms with Crippen LogP contribution in [0.1, 0.15) is 43.1 Å². The molecule has 1 saturated heterocycles. The number of benzene rings is 1. The number of amides is 1. The summed E-state index contributed by atoms with van der Waals surface area (Å²) in [5.74, 6) is -0.166. The van der Waals surface area contributed by atoms with Crippen LogP contribution in [0, 0.1) is 11.8 Å². The quantitative estimate of drug-likeness (QED) is 0.721. The predicted octanol–water partition coefficient (Wildman–Crippen LogP) is 2.53. The van der Waals surface area contributed by atoms with Crippen molar-refractivity contribution in [3.8, 4) is 0 Å². The van der Waals surface area contributed by atoms with Gasteiger partial charge in [-0.2, -0.15) is 0 Å². The molecule has 1 aromatic carbocycles. The van der Waals surface area contributed by atoms with Crippen LogP contribution in [0.15, 0.2) is 47.3 Å². The highest BCUT2D eigenvalue weighted by Crippen LogP contribution is 2.48. The summed E-state index contributed by atoms with van der Waals surface area (Å²) < 4.78 is 1.84. The van der Waals surface area contributed by atoms with Crippen LogP contribution in [-0.2, 0) is 11.3 Å². The van der Waals surface area contributed by atoms with Crippen molar-refractivity contribution in [3.05, 3.63) is 69.6 Å². The van der Waals surface area contributed by atoms with Crippen molar-refractivity contribution in [2.75, 3.05) is 19.7 Å². The molecule has 1 amide bonds. The van der Waals surface area contributed by atoms with Crippen LogP contribution in [0.5, 0.6) is 0 Å². The van der Waals surface area contributed by atoms with Gasteiger partial charge in [0, 0.05) is 42.8 Å². The number of carbonyl (C=O) groups excluding carboxylic acids is 1. The summed E-state index contributed by atoms with van der Waals surface area (Å²) in [6, 6.07) is 13.4. The molecule has 2 aromatic rings. The first kappa shape index (κ1) is 21.5. The Morgan fingerprint density at radius 2 is 1.94 bits per heavy atom. The summed E-state index contributed by atoms with van der Waals surface area (Å²) >= 11 is 0. The molecule has 2 aliphatic heterocycles. The van der Waals surface area contributed by atoms with E-state index in [4.69, 9.17) is 0 Å². The largest absolute Gasteiger partial charge is 0.396 e. The van der Waals surface area contributed by atoms with E-state index in [1.165, 1.54) is 0 Å². The van der Waals surface area contributed by atoms with Gasteiger partial charge in [-0.15, -0.1) is 0 Å². The van der Waals surface area contributed by atoms with E-state index in [9.17, 15) is 14.7 Å². The van der Waals surface area contributed by atoms with Gasteiger partial charge < -0.3 is 15.0 Å². The molecular formula is C25H31N3O3. The third kappa shape index (κ3) is 3.86. The van der Waals surface area contributed by atoms with E-state index in [1.807, 2.05) is 73.0 Å². The van der Waals surface area contributed by atoms with Crippen molar-refractivity contribution in [2.24, 2.45) is 11.8 Å². The highest BCUT2D eigenvalue weighted by atomic mass is 16.3. The molecule has 4 rings (SSSR count). The third-order valence-corrected chi connectivity index (χ3v) is 6.66. The maximum Gasteiger partial charge on any atom is 0.258 e. The Labute approximate surface area is 183 Å². The zero-order valence-corrected chi connectivity index (χ0v) is 18.2. The first-order valence-electron chi connectivity index (χ1n) is 11.2. The number of aromatic nitrogens is 1. The van der Waals surface area contributed by atoms with E-state index in [1.54, 1.807) is 0 Å². The number of nitrogens with one attached hydrogen (secondary N) is 1. The van der Waals surface area contributed by atoms with Gasteiger partial charge in [-0.05, 0) is 36.7 Å². The van der Waals surface area contributed by atoms with Gasteiger partial charge in [0.1, 0.15) is 0 Å². The molecule has 1 fully saturated rings. The van der Waals surface area contributed by atoms with Gasteiger partial charge in [0.25, 0.3) is 5.56 Å². The van der Waals surface area contributed by atoms with Crippen molar-refractivity contribution in [3.63, 3.8) is 0 Å². The zero-order valence-electron chi connectivity index (χ0n) is 18.2. The lowest BCUT2D eigenvalue weighted by atomic mass is 9.88. The Balaban J connectivity index is 1.65. The Morgan fingerprint density at radius 1 is 1.16 bits per heavy atom. The molecule has 1 aromatic heterocycles. The zero-order chi connectivity index (χ0) is 22.0. The second-order valence-electron chi connectivity index (χ2n) is 8.39. The molecule has 0 aliphatic carbocycles. The Hall–Kier alpha value is -2.70. The molecule has 6 nitrogen and oxygen atoms in total. The molecule has 164 valence electrons. The predicted molar refractivity (Wildman–Crippen MR) is 122 cm³/mol. The van der Waals surface area contributed by atoms with E-state index >= 15 is 0 Å². The number of hydrogen-bond acceptors (Lipinski definition) is 4. The molecule has 31 heavy (non-hydrogen) atoms. The van der Waals surface area contributed by atoms with Gasteiger partial charge in [-0.1, -0.05) is 50.3 Å². The minimum absolute atomic E-state index is 0.0150. The van der Waals surface area contributed by atoms with Gasteiger partial charge in [0.05, 0.1) is 12.1 Å². The van der Waals surface area contributed by atoms with Gasteiger partial charge in [0.2, 0.25) is 5.91 Å². The SMILES string of the molecule is CCCNC(=O)[C@H]1[C@H](CO)[C@H]2Cn3c(ccc(/C=C/c4ccccc4)c3=O)[C@H]2N1CC. The molecule has 4 atom stereocenters. The van der Waals surface area contributed by atoms with E-state index in [0.29, 0.717) is 25.2 Å². The molecule has 3 heterocycles. The molecule has 0 unspecified atom stereocenters. The van der Waals surface area contributed by atoms with Gasteiger partial charge >= 0.3 is 0 Å². The number of carbonyl (C=O) groups is 1. The third-order valence-electron chi connectivity index (χ3n) is 6.66. The van der Waals surface area contributed by atoms with Gasteiger partial charge in [0.15, 0.2) is 0 Å². The maximum absolute atomic E-state index is 13.2. The fraction of sp³-hybridized carbons (Fsp3) is 0.440. The van der Waals surface area contributed by atoms with Crippen LogP contribution >= 0.6 is 0 Å². The average Bonchev–Trinajstić information content (AvgIpc) is 3.32. The second kappa shape index (κ2) is 9.20. The molecular weight excluding hydrogens is 390 g/mol. The van der Waals surface area contributed by atoms with E-state index in [0.717, 1.165) is 17.7 Å². The van der Waals surface area contributed by atoms with Gasteiger partial charge in [-0.3, -0.25) is 14.5 Å². The number of fused-ring (bicyclic) bond motifs is 3. The summed E-state index contributed by atoms with van der Waals surface area (Å²) in [5.41, 5.74) is 2.62. The number of pyridine rings is 1. The standard InChI is InChI=1S/C25H31N3O3/c1-3-14-26-24(30)23-20(16-29)19-15-28-21(22(19)27(23)4-2)13-12-18(25(28)31)11-10-17-8-6-5-7-9-17/h5-13,19-20,22-23,29H,3-4,14-16H2,1-2H3,(H,26,30)/b11-10+/t19-,20-,22+,23-/m1/s1. The highest BCUT2D eigenvalue weighted by Gasteiger charge is 2.54. The Morgan fingerprint density at radius 3 is 2.61 bits per heavy atom. The summed E-state index contributed by atoms with van der Waals surface area (Å²) in [7, 11) is 0. The highest BCUT2D eigenvalue weighted by molar-refractivity contribution is 5.82. The second-order valence-corrected chi connectivity index (χ2v) is 8.39. The Bertz CT molecular complexity index is 1010. The fourth-order valence-corrected chi connectivity index (χ4v) is 5.23. The number of likely N-dealkylation sites (tertiary alicyclic amines) is 1. The summed E-state index contributed by atoms with van der Waals surface area (Å²) in [6.07, 6.45) is 4.68. The monoisotopic (exact) mass is 421 g/mol. The number of nitrogens with zero attached hydrogens (tertiary/aromatic N) is 2. The maximum atomic E-state index is 13.2. The number of hydrogen-bond donors (Lipinski definition) is 2. The lowest BCUT2D eigenvalue weighted by Gasteiger charge is -2.29. The van der Waals surface area contributed by atoms with Crippen molar-refractivity contribution in [1.29, 1.82) is 0 Å². The molecule has 6 heteroatoms. The van der Waals surface area contributed by atoms with E-state index in [2.05, 4.69) is 10.2 Å². The fourth-order valence-electron chi connectivity index (χ4n) is 5.23. The first-order valence-corrected chi connectivity index (χ1v) is 11.2. The Kier molecular flexibility index (Phi) is 6.39. The van der Waals surface area contributed by atoms with Crippen LogP contribution in [0.3, 0.4) is 0 Å². The van der Waals surface area contributed by atoms with Crippen LogP contribution in [0.25, 0.3) is 12.2 Å². The van der Waals surface area contributed by atoms with Crippen molar-refractivity contribution in [2.45, 2.75) is 38.9 Å². The van der Waals surface area contributed by atoms with Gasteiger partial charge in [-0.25, -0.2) is 0 Å². The summed E-state index contributed by atoms with van der Waals surface area (Å²) in [5, 5.41) is 13.2. The average molecular weight is 422 g/mol. The molecule has 2 N–H and O–H groups in total. The molecule has 0 bridgehead atoms. The van der Waals surface area contributed by atoms with Crippen LogP contribution < -0.4 is 10.9 Å². The van der Waals surface area contributed by atoms with Crippen LogP contribution in [0.2, 0.25) is 0 Å². The lowest BCUT2D eigenvalue weighted by molar-refractivity contribution is -0.127. The topological polar surface area (TPSA) is 74.6 Å². The van der Waals surface area contributed by atoms with Crippen molar-refractivity contribution >= 4 is 18.1 Å². The van der Waals surface area contributed by atoms with Crippen LogP contribution in [-0.4, -0.2) is 46.2 Å². The minimum Gasteiger partial charge on any atom is -0.396 e. The summed E-state index contributed by atoms with van der Waals surface area (Å²) in [4.78, 5) is 28.3. The number of likely N-dealkylation sites (N-methyl/N-ethyl adjacent to an activating group) is 1. The van der Waals surface area contributed by atoms with E-state index < -0.39 is 0 Å². The van der Waals surface area contributed by atoms with Crippen molar-refractivity contribution < 1.29 is 9.90 Å². The van der Waals surface area contributed by atoms with Crippen LogP contribution in [0.4, 0.5) is 0 Å². The smallest absolute Gasteiger partial charge is 0.258 e. The minimum atomic E-state index is -0.363. The number of aliphatic hydroxyl groups is 1. The molecule has 0 spiro atoms. The van der Waals surface area contributed by atoms with E-state index in [-0.39, 0.29) is 42.0 Å². The normalized spacial score (nSPS) is 25.0. The first-order chi connectivity index (χ1) is 15.1. The number of aliphatic hydroxyl groups excluding tert-OH is 1.